The highest BCUT2D eigenvalue weighted by molar-refractivity contribution is 7.93. The lowest BCUT2D eigenvalue weighted by molar-refractivity contribution is 0.0608. The Balaban J connectivity index is 2.48. The van der Waals surface area contributed by atoms with Crippen LogP contribution in [0.3, 0.4) is 0 Å². The summed E-state index contributed by atoms with van der Waals surface area (Å²) in [5.74, 6) is -0.329. The van der Waals surface area contributed by atoms with Crippen molar-refractivity contribution in [2.75, 3.05) is 10.1 Å². The van der Waals surface area contributed by atoms with Crippen molar-refractivity contribution >= 4 is 21.8 Å². The molecular weight excluding hydrogens is 394 g/mol. The second-order valence-corrected chi connectivity index (χ2v) is 9.42. The van der Waals surface area contributed by atoms with Gasteiger partial charge in [0, 0.05) is 6.07 Å². The number of amides is 1. The molecule has 29 heavy (non-hydrogen) atoms. The standard InChI is InChI=1S/C21H27NO6S/c1-5-13-29(25,26)22(20(24)28-21(2,3)4)18-14-17(23)11-12-19(18)27-15-16-9-7-6-8-10-16/h6-12,14,23H,5,13,15H2,1-4H3. The molecule has 2 aromatic rings. The predicted molar refractivity (Wildman–Crippen MR) is 112 cm³/mol. The fourth-order valence-corrected chi connectivity index (χ4v) is 3.94. The maximum absolute atomic E-state index is 12.9. The summed E-state index contributed by atoms with van der Waals surface area (Å²) >= 11 is 0. The van der Waals surface area contributed by atoms with Gasteiger partial charge < -0.3 is 14.6 Å². The smallest absolute Gasteiger partial charge is 0.429 e. The molecule has 0 atom stereocenters. The molecule has 2 rings (SSSR count). The first-order chi connectivity index (χ1) is 13.5. The number of benzene rings is 2. The molecular formula is C21H27NO6S. The Labute approximate surface area is 171 Å². The number of carbonyl (C=O) groups is 1. The van der Waals surface area contributed by atoms with Crippen LogP contribution in [0.2, 0.25) is 0 Å². The van der Waals surface area contributed by atoms with Gasteiger partial charge in [-0.15, -0.1) is 0 Å². The molecule has 0 saturated heterocycles. The summed E-state index contributed by atoms with van der Waals surface area (Å²) < 4.78 is 37.4. The molecule has 0 aromatic heterocycles. The molecule has 0 heterocycles. The first kappa shape index (κ1) is 22.5. The zero-order valence-electron chi connectivity index (χ0n) is 17.1. The molecule has 0 spiro atoms. The van der Waals surface area contributed by atoms with Crippen LogP contribution >= 0.6 is 0 Å². The van der Waals surface area contributed by atoms with Gasteiger partial charge in [-0.05, 0) is 44.9 Å². The fourth-order valence-electron chi connectivity index (χ4n) is 2.54. The molecule has 0 radical (unpaired) electrons. The van der Waals surface area contributed by atoms with Crippen molar-refractivity contribution in [2.24, 2.45) is 0 Å². The summed E-state index contributed by atoms with van der Waals surface area (Å²) in [7, 11) is -4.05. The minimum absolute atomic E-state index is 0.0939. The van der Waals surface area contributed by atoms with E-state index >= 15 is 0 Å². The minimum Gasteiger partial charge on any atom is -0.508 e. The van der Waals surface area contributed by atoms with Crippen LogP contribution in [0.1, 0.15) is 39.7 Å². The van der Waals surface area contributed by atoms with Crippen LogP contribution in [0.5, 0.6) is 11.5 Å². The number of nitrogens with zero attached hydrogens (tertiary/aromatic N) is 1. The van der Waals surface area contributed by atoms with E-state index in [1.807, 2.05) is 30.3 Å². The van der Waals surface area contributed by atoms with Crippen LogP contribution in [-0.4, -0.2) is 31.0 Å². The van der Waals surface area contributed by atoms with Crippen molar-refractivity contribution in [3.8, 4) is 11.5 Å². The second-order valence-electron chi connectivity index (χ2n) is 7.49. The third kappa shape index (κ3) is 6.39. The van der Waals surface area contributed by atoms with E-state index in [9.17, 15) is 18.3 Å². The summed E-state index contributed by atoms with van der Waals surface area (Å²) in [5, 5.41) is 9.95. The van der Waals surface area contributed by atoms with E-state index in [1.165, 1.54) is 18.2 Å². The first-order valence-electron chi connectivity index (χ1n) is 9.29. The van der Waals surface area contributed by atoms with Crippen molar-refractivity contribution in [3.63, 3.8) is 0 Å². The lowest BCUT2D eigenvalue weighted by Crippen LogP contribution is -2.42. The Kier molecular flexibility index (Phi) is 7.13. The van der Waals surface area contributed by atoms with Gasteiger partial charge in [0.05, 0.1) is 5.75 Å². The number of phenols is 1. The maximum Gasteiger partial charge on any atom is 0.429 e. The summed E-state index contributed by atoms with van der Waals surface area (Å²) in [6, 6.07) is 13.3. The molecule has 158 valence electrons. The Morgan fingerprint density at radius 2 is 1.76 bits per heavy atom. The molecule has 8 heteroatoms. The SMILES string of the molecule is CCCS(=O)(=O)N(C(=O)OC(C)(C)C)c1cc(O)ccc1OCc1ccccc1. The monoisotopic (exact) mass is 421 g/mol. The van der Waals surface area contributed by atoms with Crippen molar-refractivity contribution in [3.05, 3.63) is 54.1 Å². The van der Waals surface area contributed by atoms with E-state index < -0.39 is 21.7 Å². The topological polar surface area (TPSA) is 93.1 Å². The number of anilines is 1. The predicted octanol–water partition coefficient (Wildman–Crippen LogP) is 4.45. The number of phenolic OH excluding ortho intramolecular Hbond substituents is 1. The molecule has 0 aliphatic carbocycles. The number of hydrogen-bond donors (Lipinski definition) is 1. The summed E-state index contributed by atoms with van der Waals surface area (Å²) in [4.78, 5) is 12.8. The van der Waals surface area contributed by atoms with Gasteiger partial charge in [-0.25, -0.2) is 13.2 Å². The number of rotatable bonds is 7. The van der Waals surface area contributed by atoms with E-state index in [0.717, 1.165) is 5.56 Å². The van der Waals surface area contributed by atoms with Crippen molar-refractivity contribution in [1.82, 2.24) is 0 Å². The lowest BCUT2D eigenvalue weighted by Gasteiger charge is -2.28. The highest BCUT2D eigenvalue weighted by Gasteiger charge is 2.35. The van der Waals surface area contributed by atoms with E-state index in [2.05, 4.69) is 0 Å². The van der Waals surface area contributed by atoms with Gasteiger partial charge in [0.1, 0.15) is 29.4 Å². The number of hydrogen-bond acceptors (Lipinski definition) is 6. The third-order valence-electron chi connectivity index (χ3n) is 3.70. The van der Waals surface area contributed by atoms with Crippen LogP contribution in [0.25, 0.3) is 0 Å². The van der Waals surface area contributed by atoms with Crippen LogP contribution in [0.4, 0.5) is 10.5 Å². The largest absolute Gasteiger partial charge is 0.508 e. The van der Waals surface area contributed by atoms with Gasteiger partial charge in [0.25, 0.3) is 0 Å². The quantitative estimate of drug-likeness (QED) is 0.710. The number of ether oxygens (including phenoxy) is 2. The third-order valence-corrected chi connectivity index (χ3v) is 5.52. The van der Waals surface area contributed by atoms with E-state index in [0.29, 0.717) is 10.7 Å². The van der Waals surface area contributed by atoms with E-state index in [-0.39, 0.29) is 29.5 Å². The number of carbonyl (C=O) groups excluding carboxylic acids is 1. The minimum atomic E-state index is -4.05. The Bertz CT molecular complexity index is 935. The van der Waals surface area contributed by atoms with E-state index in [4.69, 9.17) is 9.47 Å². The first-order valence-corrected chi connectivity index (χ1v) is 10.9. The Morgan fingerprint density at radius 1 is 1.10 bits per heavy atom. The van der Waals surface area contributed by atoms with E-state index in [1.54, 1.807) is 27.7 Å². The van der Waals surface area contributed by atoms with Crippen LogP contribution in [0.15, 0.2) is 48.5 Å². The van der Waals surface area contributed by atoms with Gasteiger partial charge in [-0.3, -0.25) is 0 Å². The molecule has 0 fully saturated rings. The average Bonchev–Trinajstić information content (AvgIpc) is 2.60. The average molecular weight is 422 g/mol. The molecule has 0 bridgehead atoms. The van der Waals surface area contributed by atoms with Gasteiger partial charge in [-0.2, -0.15) is 4.31 Å². The van der Waals surface area contributed by atoms with Crippen LogP contribution < -0.4 is 9.04 Å². The Morgan fingerprint density at radius 3 is 2.34 bits per heavy atom. The highest BCUT2D eigenvalue weighted by Crippen LogP contribution is 2.35. The summed E-state index contributed by atoms with van der Waals surface area (Å²) in [5.41, 5.74) is -0.130. The number of sulfonamides is 1. The Hall–Kier alpha value is -2.74. The zero-order chi connectivity index (χ0) is 21.7. The molecule has 1 N–H and O–H groups in total. The van der Waals surface area contributed by atoms with Gasteiger partial charge in [-0.1, -0.05) is 37.3 Å². The lowest BCUT2D eigenvalue weighted by atomic mass is 10.2. The van der Waals surface area contributed by atoms with Crippen LogP contribution in [0, 0.1) is 0 Å². The van der Waals surface area contributed by atoms with Crippen molar-refractivity contribution in [2.45, 2.75) is 46.3 Å². The molecule has 2 aromatic carbocycles. The van der Waals surface area contributed by atoms with Gasteiger partial charge >= 0.3 is 6.09 Å². The normalized spacial score (nSPS) is 11.7. The summed E-state index contributed by atoms with van der Waals surface area (Å²) in [6.45, 7) is 6.79. The van der Waals surface area contributed by atoms with Crippen LogP contribution in [-0.2, 0) is 21.4 Å². The molecule has 1 amide bonds. The highest BCUT2D eigenvalue weighted by atomic mass is 32.2. The van der Waals surface area contributed by atoms with Gasteiger partial charge in [0.2, 0.25) is 10.0 Å². The molecule has 0 unspecified atom stereocenters. The van der Waals surface area contributed by atoms with Crippen molar-refractivity contribution in [1.29, 1.82) is 0 Å². The van der Waals surface area contributed by atoms with Crippen molar-refractivity contribution < 1.29 is 27.8 Å². The fraction of sp³-hybridized carbons (Fsp3) is 0.381. The second kappa shape index (κ2) is 9.17. The van der Waals surface area contributed by atoms with Gasteiger partial charge in [0.15, 0.2) is 0 Å². The zero-order valence-corrected chi connectivity index (χ0v) is 17.9. The molecule has 0 saturated carbocycles. The maximum atomic E-state index is 12.9. The number of aromatic hydroxyl groups is 1. The molecule has 0 aliphatic rings. The molecule has 0 aliphatic heterocycles. The molecule has 7 nitrogen and oxygen atoms in total. The summed E-state index contributed by atoms with van der Waals surface area (Å²) in [6.07, 6.45) is -0.748.